The molecule has 0 spiro atoms. The molecule has 0 unspecified atom stereocenters. The molecule has 134 valence electrons. The zero-order valence-electron chi connectivity index (χ0n) is 14.7. The van der Waals surface area contributed by atoms with E-state index in [0.29, 0.717) is 30.3 Å². The number of ether oxygens (including phenoxy) is 2. The number of imidazole rings is 1. The van der Waals surface area contributed by atoms with E-state index in [1.807, 2.05) is 13.8 Å². The quantitative estimate of drug-likeness (QED) is 0.494. The number of benzene rings is 1. The summed E-state index contributed by atoms with van der Waals surface area (Å²) in [6.45, 7) is 4.69. The predicted octanol–water partition coefficient (Wildman–Crippen LogP) is 3.42. The van der Waals surface area contributed by atoms with E-state index in [-0.39, 0.29) is 11.6 Å². The molecular weight excluding hydrogens is 320 g/mol. The van der Waals surface area contributed by atoms with Crippen LogP contribution in [-0.2, 0) is 12.8 Å². The molecule has 1 aliphatic rings. The topological polar surface area (TPSA) is 73.6 Å². The van der Waals surface area contributed by atoms with Crippen LogP contribution in [0, 0.1) is 0 Å². The first kappa shape index (κ1) is 17.3. The molecule has 6 nitrogen and oxygen atoms in total. The smallest absolute Gasteiger partial charge is 0.235 e. The van der Waals surface area contributed by atoms with Crippen molar-refractivity contribution >= 4 is 5.78 Å². The minimum Gasteiger partial charge on any atom is -0.494 e. The first-order chi connectivity index (χ1) is 12.2. The van der Waals surface area contributed by atoms with Crippen LogP contribution in [0.5, 0.6) is 11.5 Å². The molecule has 0 fully saturated rings. The Morgan fingerprint density at radius 1 is 1.16 bits per heavy atom. The molecule has 1 aromatic carbocycles. The van der Waals surface area contributed by atoms with Crippen molar-refractivity contribution < 1.29 is 19.5 Å². The number of carbonyl (C=O) groups excluding carboxylic acids is 1. The summed E-state index contributed by atoms with van der Waals surface area (Å²) < 4.78 is 12.0. The summed E-state index contributed by atoms with van der Waals surface area (Å²) in [4.78, 5) is 17.5. The molecule has 0 radical (unpaired) electrons. The number of hydrogen-bond acceptors (Lipinski definition) is 5. The highest BCUT2D eigenvalue weighted by atomic mass is 16.5. The molecule has 0 saturated heterocycles. The van der Waals surface area contributed by atoms with Crippen molar-refractivity contribution in [2.24, 2.45) is 0 Å². The molecule has 0 saturated carbocycles. The van der Waals surface area contributed by atoms with Crippen molar-refractivity contribution in [2.45, 2.75) is 46.0 Å². The van der Waals surface area contributed by atoms with Gasteiger partial charge in [0.2, 0.25) is 11.6 Å². The highest BCUT2D eigenvalue weighted by molar-refractivity contribution is 6.09. The molecule has 6 heteroatoms. The minimum atomic E-state index is -0.361. The highest BCUT2D eigenvalue weighted by Crippen LogP contribution is 2.28. The third-order valence-corrected chi connectivity index (χ3v) is 4.37. The first-order valence-electron chi connectivity index (χ1n) is 8.89. The van der Waals surface area contributed by atoms with E-state index in [9.17, 15) is 10.0 Å². The van der Waals surface area contributed by atoms with E-state index in [0.717, 1.165) is 48.2 Å². The Morgan fingerprint density at radius 3 is 2.68 bits per heavy atom. The fourth-order valence-electron chi connectivity index (χ4n) is 3.19. The summed E-state index contributed by atoms with van der Waals surface area (Å²) in [5.74, 6) is 0.739. The van der Waals surface area contributed by atoms with Crippen LogP contribution in [0.1, 0.15) is 60.7 Å². The fourth-order valence-corrected chi connectivity index (χ4v) is 3.19. The monoisotopic (exact) mass is 344 g/mol. The van der Waals surface area contributed by atoms with Crippen LogP contribution < -0.4 is 9.47 Å². The lowest BCUT2D eigenvalue weighted by atomic mass is 10.1. The van der Waals surface area contributed by atoms with Gasteiger partial charge in [-0.3, -0.25) is 4.79 Å². The van der Waals surface area contributed by atoms with Gasteiger partial charge in [-0.15, -0.1) is 0 Å². The minimum absolute atomic E-state index is 0.0431. The van der Waals surface area contributed by atoms with Crippen molar-refractivity contribution in [3.05, 3.63) is 41.0 Å². The largest absolute Gasteiger partial charge is 0.494 e. The maximum Gasteiger partial charge on any atom is 0.235 e. The Balaban J connectivity index is 2.01. The zero-order valence-corrected chi connectivity index (χ0v) is 14.7. The van der Waals surface area contributed by atoms with Gasteiger partial charge in [0, 0.05) is 0 Å². The van der Waals surface area contributed by atoms with Crippen molar-refractivity contribution in [3.8, 4) is 11.5 Å². The molecule has 1 N–H and O–H groups in total. The van der Waals surface area contributed by atoms with Crippen LogP contribution in [0.3, 0.4) is 0 Å². The standard InChI is InChI=1S/C19H24N2O4/c1-3-24-13-10-11-17(25-4-2)14(12-13)18(22)19-20-15-8-6-5-7-9-16(15)21(19)23/h10-12,23H,3-9H2,1-2H3. The fraction of sp³-hybridized carbons (Fsp3) is 0.474. The van der Waals surface area contributed by atoms with Gasteiger partial charge in [0.05, 0.1) is 30.2 Å². The van der Waals surface area contributed by atoms with Crippen molar-refractivity contribution in [1.29, 1.82) is 0 Å². The molecule has 3 rings (SSSR count). The highest BCUT2D eigenvalue weighted by Gasteiger charge is 2.26. The molecule has 0 amide bonds. The lowest BCUT2D eigenvalue weighted by molar-refractivity contribution is 0.0966. The molecule has 0 aliphatic heterocycles. The van der Waals surface area contributed by atoms with Gasteiger partial charge in [-0.2, -0.15) is 4.73 Å². The van der Waals surface area contributed by atoms with Crippen LogP contribution in [0.4, 0.5) is 0 Å². The summed E-state index contributed by atoms with van der Waals surface area (Å²) >= 11 is 0. The number of nitrogens with zero attached hydrogens (tertiary/aromatic N) is 2. The van der Waals surface area contributed by atoms with E-state index in [2.05, 4.69) is 4.98 Å². The molecule has 25 heavy (non-hydrogen) atoms. The van der Waals surface area contributed by atoms with Crippen LogP contribution in [0.15, 0.2) is 18.2 Å². The van der Waals surface area contributed by atoms with Crippen LogP contribution in [0.25, 0.3) is 0 Å². The van der Waals surface area contributed by atoms with E-state index in [1.165, 1.54) is 0 Å². The van der Waals surface area contributed by atoms with Crippen LogP contribution in [0.2, 0.25) is 0 Å². The Hall–Kier alpha value is -2.50. The van der Waals surface area contributed by atoms with E-state index >= 15 is 0 Å². The zero-order chi connectivity index (χ0) is 17.8. The Morgan fingerprint density at radius 2 is 1.92 bits per heavy atom. The maximum atomic E-state index is 13.0. The number of aromatic nitrogens is 2. The van der Waals surface area contributed by atoms with Crippen molar-refractivity contribution in [1.82, 2.24) is 9.71 Å². The molecule has 0 bridgehead atoms. The van der Waals surface area contributed by atoms with Crippen molar-refractivity contribution in [2.75, 3.05) is 13.2 Å². The van der Waals surface area contributed by atoms with Crippen molar-refractivity contribution in [3.63, 3.8) is 0 Å². The van der Waals surface area contributed by atoms with E-state index < -0.39 is 0 Å². The van der Waals surface area contributed by atoms with Gasteiger partial charge in [0.25, 0.3) is 0 Å². The number of aryl methyl sites for hydroxylation is 1. The Kier molecular flexibility index (Phi) is 5.26. The van der Waals surface area contributed by atoms with Gasteiger partial charge in [-0.25, -0.2) is 4.98 Å². The molecular formula is C19H24N2O4. The second-order valence-corrected chi connectivity index (χ2v) is 6.05. The number of rotatable bonds is 6. The number of ketones is 1. The van der Waals surface area contributed by atoms with Gasteiger partial charge < -0.3 is 14.7 Å². The second kappa shape index (κ2) is 7.59. The summed E-state index contributed by atoms with van der Waals surface area (Å²) in [6.07, 6.45) is 4.67. The number of hydrogen-bond donors (Lipinski definition) is 1. The summed E-state index contributed by atoms with van der Waals surface area (Å²) in [5.41, 5.74) is 1.92. The van der Waals surface area contributed by atoms with Gasteiger partial charge in [0.1, 0.15) is 11.5 Å². The third-order valence-electron chi connectivity index (χ3n) is 4.37. The first-order valence-corrected chi connectivity index (χ1v) is 8.89. The second-order valence-electron chi connectivity index (χ2n) is 6.05. The molecule has 1 aromatic heterocycles. The van der Waals surface area contributed by atoms with Gasteiger partial charge in [-0.1, -0.05) is 6.42 Å². The lowest BCUT2D eigenvalue weighted by Crippen LogP contribution is -2.13. The maximum absolute atomic E-state index is 13.0. The summed E-state index contributed by atoms with van der Waals surface area (Å²) in [5, 5.41) is 10.5. The van der Waals surface area contributed by atoms with Gasteiger partial charge in [-0.05, 0) is 57.7 Å². The number of fused-ring (bicyclic) bond motifs is 1. The van der Waals surface area contributed by atoms with Gasteiger partial charge in [0.15, 0.2) is 0 Å². The molecule has 2 aromatic rings. The molecule has 0 atom stereocenters. The van der Waals surface area contributed by atoms with Crippen LogP contribution >= 0.6 is 0 Å². The predicted molar refractivity (Wildman–Crippen MR) is 92.9 cm³/mol. The molecule has 1 heterocycles. The van der Waals surface area contributed by atoms with E-state index in [4.69, 9.17) is 9.47 Å². The van der Waals surface area contributed by atoms with E-state index in [1.54, 1.807) is 18.2 Å². The van der Waals surface area contributed by atoms with Crippen LogP contribution in [-0.4, -0.2) is 33.9 Å². The normalized spacial score (nSPS) is 13.8. The average molecular weight is 344 g/mol. The Bertz CT molecular complexity index is 767. The molecule has 1 aliphatic carbocycles. The SMILES string of the molecule is CCOc1ccc(OCC)c(C(=O)c2nc3c(n2O)CCCCC3)c1. The van der Waals surface area contributed by atoms with Gasteiger partial charge >= 0.3 is 0 Å². The average Bonchev–Trinajstić information content (AvgIpc) is 2.78. The summed E-state index contributed by atoms with van der Waals surface area (Å²) in [7, 11) is 0. The Labute approximate surface area is 147 Å². The number of carbonyl (C=O) groups is 1. The lowest BCUT2D eigenvalue weighted by Gasteiger charge is -2.11. The summed E-state index contributed by atoms with van der Waals surface area (Å²) in [6, 6.07) is 5.14. The third kappa shape index (κ3) is 3.48.